The van der Waals surface area contributed by atoms with Crippen LogP contribution in [0.5, 0.6) is 0 Å². The number of carboxylic acids is 1. The summed E-state index contributed by atoms with van der Waals surface area (Å²) in [6.07, 6.45) is 2.60. The lowest BCUT2D eigenvalue weighted by Crippen LogP contribution is -2.45. The van der Waals surface area contributed by atoms with Crippen molar-refractivity contribution in [2.75, 3.05) is 6.54 Å². The van der Waals surface area contributed by atoms with E-state index in [-0.39, 0.29) is 17.9 Å². The van der Waals surface area contributed by atoms with Gasteiger partial charge in [-0.25, -0.2) is 0 Å². The molecule has 0 aromatic carbocycles. The summed E-state index contributed by atoms with van der Waals surface area (Å²) in [6, 6.07) is 0.0684. The third-order valence-electron chi connectivity index (χ3n) is 3.01. The molecule has 1 N–H and O–H groups in total. The van der Waals surface area contributed by atoms with Crippen LogP contribution < -0.4 is 0 Å². The number of piperidine rings is 1. The fraction of sp³-hybridized carbons (Fsp3) is 0.818. The predicted molar refractivity (Wildman–Crippen MR) is 56.4 cm³/mol. The van der Waals surface area contributed by atoms with Crippen molar-refractivity contribution < 1.29 is 14.7 Å². The zero-order valence-electron chi connectivity index (χ0n) is 9.40. The molecule has 4 nitrogen and oxygen atoms in total. The van der Waals surface area contributed by atoms with Gasteiger partial charge in [0.2, 0.25) is 5.91 Å². The average molecular weight is 213 g/mol. The number of carbonyl (C=O) groups excluding carboxylic acids is 1. The Hall–Kier alpha value is -1.06. The van der Waals surface area contributed by atoms with Crippen molar-refractivity contribution in [3.05, 3.63) is 0 Å². The Morgan fingerprint density at radius 2 is 2.13 bits per heavy atom. The van der Waals surface area contributed by atoms with Gasteiger partial charge in [0.05, 0.1) is 5.92 Å². The van der Waals surface area contributed by atoms with Crippen molar-refractivity contribution in [2.24, 2.45) is 5.92 Å². The van der Waals surface area contributed by atoms with E-state index in [0.29, 0.717) is 25.8 Å². The Labute approximate surface area is 90.3 Å². The first-order chi connectivity index (χ1) is 7.06. The highest BCUT2D eigenvalue weighted by atomic mass is 16.4. The van der Waals surface area contributed by atoms with Crippen LogP contribution in [0.15, 0.2) is 0 Å². The summed E-state index contributed by atoms with van der Waals surface area (Å²) in [7, 11) is 0. The molecular formula is C11H19NO3. The molecule has 0 aliphatic carbocycles. The lowest BCUT2D eigenvalue weighted by molar-refractivity contribution is -0.147. The molecule has 1 aliphatic heterocycles. The maximum absolute atomic E-state index is 11.7. The van der Waals surface area contributed by atoms with E-state index >= 15 is 0 Å². The number of amides is 1. The molecule has 1 saturated heterocycles. The van der Waals surface area contributed by atoms with Crippen LogP contribution in [0.4, 0.5) is 0 Å². The van der Waals surface area contributed by atoms with Crippen LogP contribution in [0.2, 0.25) is 0 Å². The van der Waals surface area contributed by atoms with Crippen LogP contribution in [0, 0.1) is 5.92 Å². The SMILES string of the molecule is CCCC(=O)N1CCC(C(=O)O)CC1C. The summed E-state index contributed by atoms with van der Waals surface area (Å²) in [4.78, 5) is 24.3. The standard InChI is InChI=1S/C11H19NO3/c1-3-4-10(13)12-6-5-9(11(14)15)7-8(12)2/h8-9H,3-7H2,1-2H3,(H,14,15). The van der Waals surface area contributed by atoms with E-state index in [4.69, 9.17) is 5.11 Å². The maximum Gasteiger partial charge on any atom is 0.306 e. The quantitative estimate of drug-likeness (QED) is 0.772. The van der Waals surface area contributed by atoms with Crippen LogP contribution in [-0.2, 0) is 9.59 Å². The number of carbonyl (C=O) groups is 2. The topological polar surface area (TPSA) is 57.6 Å². The number of hydrogen-bond donors (Lipinski definition) is 1. The number of hydrogen-bond acceptors (Lipinski definition) is 2. The molecule has 2 unspecified atom stereocenters. The Morgan fingerprint density at radius 1 is 1.47 bits per heavy atom. The Kier molecular flexibility index (Phi) is 4.12. The highest BCUT2D eigenvalue weighted by Gasteiger charge is 2.31. The molecule has 86 valence electrons. The number of likely N-dealkylation sites (tertiary alicyclic amines) is 1. The van der Waals surface area contributed by atoms with Gasteiger partial charge in [-0.3, -0.25) is 9.59 Å². The third-order valence-corrected chi connectivity index (χ3v) is 3.01. The van der Waals surface area contributed by atoms with Gasteiger partial charge in [-0.2, -0.15) is 0 Å². The summed E-state index contributed by atoms with van der Waals surface area (Å²) in [6.45, 7) is 4.51. The minimum absolute atomic E-state index is 0.0684. The van der Waals surface area contributed by atoms with E-state index in [0.717, 1.165) is 6.42 Å². The van der Waals surface area contributed by atoms with Gasteiger partial charge in [-0.15, -0.1) is 0 Å². The van der Waals surface area contributed by atoms with Gasteiger partial charge in [0, 0.05) is 19.0 Å². The molecule has 4 heteroatoms. The molecule has 15 heavy (non-hydrogen) atoms. The summed E-state index contributed by atoms with van der Waals surface area (Å²) >= 11 is 0. The number of aliphatic carboxylic acids is 1. The van der Waals surface area contributed by atoms with Gasteiger partial charge in [-0.05, 0) is 26.2 Å². The van der Waals surface area contributed by atoms with Crippen molar-refractivity contribution in [1.29, 1.82) is 0 Å². The van der Waals surface area contributed by atoms with Crippen molar-refractivity contribution >= 4 is 11.9 Å². The smallest absolute Gasteiger partial charge is 0.306 e. The summed E-state index contributed by atoms with van der Waals surface area (Å²) < 4.78 is 0. The summed E-state index contributed by atoms with van der Waals surface area (Å²) in [5, 5.41) is 8.88. The zero-order valence-corrected chi connectivity index (χ0v) is 9.40. The van der Waals surface area contributed by atoms with Crippen molar-refractivity contribution in [3.63, 3.8) is 0 Å². The van der Waals surface area contributed by atoms with Crippen LogP contribution >= 0.6 is 0 Å². The van der Waals surface area contributed by atoms with Gasteiger partial charge in [0.15, 0.2) is 0 Å². The third kappa shape index (κ3) is 2.94. The van der Waals surface area contributed by atoms with Crippen molar-refractivity contribution in [2.45, 2.75) is 45.6 Å². The van der Waals surface area contributed by atoms with Crippen LogP contribution in [0.3, 0.4) is 0 Å². The Bertz CT molecular complexity index is 252. The van der Waals surface area contributed by atoms with Gasteiger partial charge in [0.25, 0.3) is 0 Å². The van der Waals surface area contributed by atoms with Crippen molar-refractivity contribution in [1.82, 2.24) is 4.90 Å². The molecule has 0 spiro atoms. The first-order valence-electron chi connectivity index (χ1n) is 5.58. The highest BCUT2D eigenvalue weighted by molar-refractivity contribution is 5.77. The zero-order chi connectivity index (χ0) is 11.4. The average Bonchev–Trinajstić information content (AvgIpc) is 2.17. The van der Waals surface area contributed by atoms with Gasteiger partial charge < -0.3 is 10.0 Å². The second-order valence-electron chi connectivity index (χ2n) is 4.25. The Morgan fingerprint density at radius 3 is 2.60 bits per heavy atom. The largest absolute Gasteiger partial charge is 0.481 e. The monoisotopic (exact) mass is 213 g/mol. The molecule has 1 heterocycles. The first kappa shape index (κ1) is 12.0. The lowest BCUT2D eigenvalue weighted by atomic mass is 9.91. The first-order valence-corrected chi connectivity index (χ1v) is 5.58. The second-order valence-corrected chi connectivity index (χ2v) is 4.25. The van der Waals surface area contributed by atoms with Gasteiger partial charge in [-0.1, -0.05) is 6.92 Å². The molecule has 0 aromatic rings. The van der Waals surface area contributed by atoms with Crippen LogP contribution in [-0.4, -0.2) is 34.5 Å². The molecule has 0 bridgehead atoms. The molecule has 1 amide bonds. The predicted octanol–water partition coefficient (Wildman–Crippen LogP) is 1.50. The molecular weight excluding hydrogens is 194 g/mol. The minimum Gasteiger partial charge on any atom is -0.481 e. The maximum atomic E-state index is 11.7. The van der Waals surface area contributed by atoms with E-state index in [1.165, 1.54) is 0 Å². The summed E-state index contributed by atoms with van der Waals surface area (Å²) in [5.74, 6) is -0.844. The fourth-order valence-corrected chi connectivity index (χ4v) is 2.12. The van der Waals surface area contributed by atoms with E-state index in [2.05, 4.69) is 0 Å². The molecule has 0 radical (unpaired) electrons. The Balaban J connectivity index is 2.52. The molecule has 2 atom stereocenters. The van der Waals surface area contributed by atoms with E-state index in [1.54, 1.807) is 0 Å². The molecule has 0 aromatic heterocycles. The number of rotatable bonds is 3. The normalized spacial score (nSPS) is 26.4. The molecule has 1 rings (SSSR count). The summed E-state index contributed by atoms with van der Waals surface area (Å²) in [5.41, 5.74) is 0. The molecule has 1 aliphatic rings. The fourth-order valence-electron chi connectivity index (χ4n) is 2.12. The van der Waals surface area contributed by atoms with E-state index in [1.807, 2.05) is 18.7 Å². The number of nitrogens with zero attached hydrogens (tertiary/aromatic N) is 1. The van der Waals surface area contributed by atoms with Gasteiger partial charge >= 0.3 is 5.97 Å². The minimum atomic E-state index is -0.732. The molecule has 1 fully saturated rings. The van der Waals surface area contributed by atoms with Crippen LogP contribution in [0.1, 0.15) is 39.5 Å². The lowest BCUT2D eigenvalue weighted by Gasteiger charge is -2.36. The van der Waals surface area contributed by atoms with E-state index in [9.17, 15) is 9.59 Å². The van der Waals surface area contributed by atoms with Crippen LogP contribution in [0.25, 0.3) is 0 Å². The second kappa shape index (κ2) is 5.14. The van der Waals surface area contributed by atoms with E-state index < -0.39 is 5.97 Å². The van der Waals surface area contributed by atoms with Crippen molar-refractivity contribution in [3.8, 4) is 0 Å². The molecule has 0 saturated carbocycles. The number of carboxylic acid groups (broad SMARTS) is 1. The van der Waals surface area contributed by atoms with Gasteiger partial charge in [0.1, 0.15) is 0 Å². The highest BCUT2D eigenvalue weighted by Crippen LogP contribution is 2.23.